The number of esters is 1. The maximum absolute atomic E-state index is 12.7. The van der Waals surface area contributed by atoms with Gasteiger partial charge < -0.3 is 14.4 Å². The lowest BCUT2D eigenvalue weighted by Gasteiger charge is -2.30. The third-order valence-corrected chi connectivity index (χ3v) is 6.30. The Bertz CT molecular complexity index is 792. The topological polar surface area (TPSA) is 93.2 Å². The number of benzene rings is 1. The minimum atomic E-state index is -3.71. The van der Waals surface area contributed by atoms with Crippen molar-refractivity contribution in [2.24, 2.45) is 0 Å². The van der Waals surface area contributed by atoms with Gasteiger partial charge in [0.1, 0.15) is 0 Å². The minimum Gasteiger partial charge on any atom is -0.452 e. The normalized spacial score (nSPS) is 15.6. The molecule has 0 bridgehead atoms. The summed E-state index contributed by atoms with van der Waals surface area (Å²) in [5.41, 5.74) is 0.0859. The van der Waals surface area contributed by atoms with Crippen LogP contribution in [0.4, 0.5) is 0 Å². The van der Waals surface area contributed by atoms with Crippen molar-refractivity contribution < 1.29 is 27.5 Å². The van der Waals surface area contributed by atoms with E-state index in [1.165, 1.54) is 28.6 Å². The Balaban J connectivity index is 2.09. The van der Waals surface area contributed by atoms with E-state index in [1.54, 1.807) is 4.90 Å². The molecular formula is C19H28N2O6S. The smallest absolute Gasteiger partial charge is 0.338 e. The van der Waals surface area contributed by atoms with Gasteiger partial charge in [0.25, 0.3) is 5.91 Å². The summed E-state index contributed by atoms with van der Waals surface area (Å²) in [4.78, 5) is 26.3. The lowest BCUT2D eigenvalue weighted by molar-refractivity contribution is -0.138. The summed E-state index contributed by atoms with van der Waals surface area (Å²) in [6.45, 7) is 8.38. The van der Waals surface area contributed by atoms with Gasteiger partial charge in [-0.15, -0.1) is 0 Å². The second-order valence-corrected chi connectivity index (χ2v) is 9.05. The summed E-state index contributed by atoms with van der Waals surface area (Å²) in [7, 11) is -3.71. The number of hydrogen-bond acceptors (Lipinski definition) is 6. The van der Waals surface area contributed by atoms with E-state index in [0.29, 0.717) is 13.2 Å². The van der Waals surface area contributed by atoms with Crippen LogP contribution in [-0.4, -0.2) is 74.5 Å². The Morgan fingerprint density at radius 3 is 2.32 bits per heavy atom. The number of carbonyl (C=O) groups excluding carboxylic acids is 2. The molecule has 0 N–H and O–H groups in total. The van der Waals surface area contributed by atoms with Crippen LogP contribution < -0.4 is 0 Å². The van der Waals surface area contributed by atoms with Gasteiger partial charge in [-0.2, -0.15) is 4.31 Å². The van der Waals surface area contributed by atoms with E-state index < -0.39 is 22.6 Å². The molecule has 0 radical (unpaired) electrons. The number of rotatable bonds is 7. The zero-order chi connectivity index (χ0) is 20.9. The Morgan fingerprint density at radius 2 is 1.75 bits per heavy atom. The van der Waals surface area contributed by atoms with Crippen LogP contribution in [0.5, 0.6) is 0 Å². The van der Waals surface area contributed by atoms with Crippen molar-refractivity contribution in [3.8, 4) is 0 Å². The first-order valence-corrected chi connectivity index (χ1v) is 10.7. The lowest BCUT2D eigenvalue weighted by Crippen LogP contribution is -2.44. The van der Waals surface area contributed by atoms with Crippen LogP contribution in [0.3, 0.4) is 0 Å². The van der Waals surface area contributed by atoms with Gasteiger partial charge in [0.2, 0.25) is 10.0 Å². The molecule has 9 heteroatoms. The van der Waals surface area contributed by atoms with Gasteiger partial charge in [0, 0.05) is 25.2 Å². The first-order valence-electron chi connectivity index (χ1n) is 9.31. The minimum absolute atomic E-state index is 0.0150. The molecule has 1 aromatic rings. The molecule has 28 heavy (non-hydrogen) atoms. The van der Waals surface area contributed by atoms with Crippen molar-refractivity contribution in [2.45, 2.75) is 44.7 Å². The highest BCUT2D eigenvalue weighted by Crippen LogP contribution is 2.19. The Kier molecular flexibility index (Phi) is 7.56. The van der Waals surface area contributed by atoms with E-state index in [2.05, 4.69) is 0 Å². The highest BCUT2D eigenvalue weighted by Gasteiger charge is 2.27. The fourth-order valence-corrected chi connectivity index (χ4v) is 4.63. The first kappa shape index (κ1) is 22.3. The van der Waals surface area contributed by atoms with Crippen LogP contribution in [0.2, 0.25) is 0 Å². The highest BCUT2D eigenvalue weighted by molar-refractivity contribution is 7.89. The van der Waals surface area contributed by atoms with Gasteiger partial charge in [-0.1, -0.05) is 6.07 Å². The summed E-state index contributed by atoms with van der Waals surface area (Å²) < 4.78 is 37.1. The van der Waals surface area contributed by atoms with Gasteiger partial charge in [0.05, 0.1) is 23.7 Å². The first-order chi connectivity index (χ1) is 13.1. The predicted molar refractivity (Wildman–Crippen MR) is 103 cm³/mol. The standard InChI is InChI=1S/C19H28N2O6S/c1-14(2)21(15(3)4)18(22)13-27-19(23)16-6-5-7-17(12-16)28(24,25)20-8-10-26-11-9-20/h5-7,12,14-15H,8-11,13H2,1-4H3. The number of nitrogens with zero attached hydrogens (tertiary/aromatic N) is 2. The van der Waals surface area contributed by atoms with Crippen LogP contribution in [0.1, 0.15) is 38.1 Å². The highest BCUT2D eigenvalue weighted by atomic mass is 32.2. The second-order valence-electron chi connectivity index (χ2n) is 7.11. The molecule has 0 aliphatic carbocycles. The molecule has 0 spiro atoms. The molecule has 8 nitrogen and oxygen atoms in total. The van der Waals surface area contributed by atoms with E-state index in [9.17, 15) is 18.0 Å². The van der Waals surface area contributed by atoms with Gasteiger partial charge >= 0.3 is 5.97 Å². The Hall–Kier alpha value is -1.97. The van der Waals surface area contributed by atoms with Gasteiger partial charge in [-0.3, -0.25) is 4.79 Å². The van der Waals surface area contributed by atoms with Crippen LogP contribution in [0, 0.1) is 0 Å². The number of hydrogen-bond donors (Lipinski definition) is 0. The van der Waals surface area contributed by atoms with Crippen LogP contribution in [0.15, 0.2) is 29.2 Å². The fourth-order valence-electron chi connectivity index (χ4n) is 3.18. The fraction of sp³-hybridized carbons (Fsp3) is 0.579. The molecule has 1 fully saturated rings. The molecular weight excluding hydrogens is 384 g/mol. The molecule has 1 amide bonds. The molecule has 1 heterocycles. The van der Waals surface area contributed by atoms with E-state index in [0.717, 1.165) is 0 Å². The third-order valence-electron chi connectivity index (χ3n) is 4.40. The van der Waals surface area contributed by atoms with Crippen molar-refractivity contribution in [1.82, 2.24) is 9.21 Å². The maximum Gasteiger partial charge on any atom is 0.338 e. The average Bonchev–Trinajstić information content (AvgIpc) is 2.66. The molecule has 1 saturated heterocycles. The van der Waals surface area contributed by atoms with Gasteiger partial charge in [-0.05, 0) is 45.9 Å². The Morgan fingerprint density at radius 1 is 1.14 bits per heavy atom. The summed E-state index contributed by atoms with van der Waals surface area (Å²) in [6.07, 6.45) is 0. The molecule has 1 aliphatic rings. The van der Waals surface area contributed by atoms with Crippen molar-refractivity contribution in [3.05, 3.63) is 29.8 Å². The number of sulfonamides is 1. The summed E-state index contributed by atoms with van der Waals surface area (Å²) in [5, 5.41) is 0. The van der Waals surface area contributed by atoms with Crippen LogP contribution in [-0.2, 0) is 24.3 Å². The van der Waals surface area contributed by atoms with Crippen molar-refractivity contribution in [2.75, 3.05) is 32.9 Å². The second kappa shape index (κ2) is 9.49. The number of morpholine rings is 1. The predicted octanol–water partition coefficient (Wildman–Crippen LogP) is 1.51. The summed E-state index contributed by atoms with van der Waals surface area (Å²) >= 11 is 0. The van der Waals surface area contributed by atoms with Crippen LogP contribution in [0.25, 0.3) is 0 Å². The van der Waals surface area contributed by atoms with E-state index in [-0.39, 0.29) is 41.5 Å². The van der Waals surface area contributed by atoms with Crippen molar-refractivity contribution in [3.63, 3.8) is 0 Å². The SMILES string of the molecule is CC(C)N(C(=O)COC(=O)c1cccc(S(=O)(=O)N2CCOCC2)c1)C(C)C. The van der Waals surface area contributed by atoms with Crippen molar-refractivity contribution in [1.29, 1.82) is 0 Å². The van der Waals surface area contributed by atoms with Gasteiger partial charge in [-0.25, -0.2) is 13.2 Å². The number of carbonyl (C=O) groups is 2. The largest absolute Gasteiger partial charge is 0.452 e. The van der Waals surface area contributed by atoms with Crippen molar-refractivity contribution >= 4 is 21.9 Å². The summed E-state index contributed by atoms with van der Waals surface area (Å²) in [5.74, 6) is -1.03. The molecule has 0 saturated carbocycles. The number of ether oxygens (including phenoxy) is 2. The van der Waals surface area contributed by atoms with E-state index >= 15 is 0 Å². The van der Waals surface area contributed by atoms with Crippen LogP contribution >= 0.6 is 0 Å². The van der Waals surface area contributed by atoms with Gasteiger partial charge in [0.15, 0.2) is 6.61 Å². The molecule has 0 unspecified atom stereocenters. The molecule has 0 atom stereocenters. The number of amides is 1. The monoisotopic (exact) mass is 412 g/mol. The van der Waals surface area contributed by atoms with E-state index in [4.69, 9.17) is 9.47 Å². The quantitative estimate of drug-likeness (QED) is 0.630. The summed E-state index contributed by atoms with van der Waals surface area (Å²) in [6, 6.07) is 5.63. The average molecular weight is 413 g/mol. The molecule has 2 rings (SSSR count). The molecule has 1 aliphatic heterocycles. The van der Waals surface area contributed by atoms with E-state index in [1.807, 2.05) is 27.7 Å². The maximum atomic E-state index is 12.7. The lowest BCUT2D eigenvalue weighted by atomic mass is 10.2. The zero-order valence-electron chi connectivity index (χ0n) is 16.8. The molecule has 0 aromatic heterocycles. The molecule has 156 valence electrons. The Labute approximate surface area is 166 Å². The third kappa shape index (κ3) is 5.30. The molecule has 1 aromatic carbocycles. The zero-order valence-corrected chi connectivity index (χ0v) is 17.6.